The number of aromatic nitrogens is 3. The van der Waals surface area contributed by atoms with Crippen LogP contribution in [0, 0.1) is 17.3 Å². The highest BCUT2D eigenvalue weighted by atomic mass is 28.3. The minimum atomic E-state index is -2.03. The normalized spacial score (nSPS) is 17.3. The molecule has 9 nitrogen and oxygen atoms in total. The number of fused-ring (bicyclic) bond motifs is 2. The standard InChI is InChI=1S/C39H49FN6O3Si/c1-25(2)50(26(3)4,27(5)6)22-16-29-12-8-11-28-13-9-15-31(33(28)29)35-34(40)36-32(23-41-35)37(45-18-20-46(21-19-45)39(47)48)43-38(42-36)49-24-30-14-10-17-44(30)7/h8-9,11-13,15,23,25-27,30H,10,14,17-21,24H2,1-7H3,(H,47,48). The Morgan fingerprint density at radius 3 is 2.30 bits per heavy atom. The molecule has 1 amide bonds. The zero-order valence-electron chi connectivity index (χ0n) is 30.3. The van der Waals surface area contributed by atoms with Gasteiger partial charge in [0.1, 0.15) is 31.7 Å². The lowest BCUT2D eigenvalue weighted by Crippen LogP contribution is -2.48. The van der Waals surface area contributed by atoms with Crippen LogP contribution in [-0.4, -0.2) is 96.4 Å². The highest BCUT2D eigenvalue weighted by Gasteiger charge is 2.41. The van der Waals surface area contributed by atoms with Gasteiger partial charge in [-0.15, -0.1) is 5.54 Å². The largest absolute Gasteiger partial charge is 0.465 e. The molecule has 1 atom stereocenters. The molecule has 2 aliphatic heterocycles. The number of hydrogen-bond acceptors (Lipinski definition) is 7. The average Bonchev–Trinajstić information content (AvgIpc) is 3.51. The van der Waals surface area contributed by atoms with E-state index >= 15 is 4.39 Å². The smallest absolute Gasteiger partial charge is 0.407 e. The van der Waals surface area contributed by atoms with E-state index in [1.54, 1.807) is 6.20 Å². The first-order chi connectivity index (χ1) is 23.9. The van der Waals surface area contributed by atoms with E-state index in [9.17, 15) is 9.90 Å². The lowest BCUT2D eigenvalue weighted by Gasteiger charge is -2.38. The van der Waals surface area contributed by atoms with Gasteiger partial charge in [0.15, 0.2) is 5.82 Å². The number of carboxylic acid groups (broad SMARTS) is 1. The van der Waals surface area contributed by atoms with Gasteiger partial charge in [-0.1, -0.05) is 77.8 Å². The summed E-state index contributed by atoms with van der Waals surface area (Å²) >= 11 is 0. The van der Waals surface area contributed by atoms with Crippen molar-refractivity contribution in [1.82, 2.24) is 24.8 Å². The van der Waals surface area contributed by atoms with Crippen LogP contribution in [-0.2, 0) is 0 Å². The second-order valence-corrected chi connectivity index (χ2v) is 20.3. The summed E-state index contributed by atoms with van der Waals surface area (Å²) in [6.45, 7) is 16.6. The highest BCUT2D eigenvalue weighted by molar-refractivity contribution is 6.90. The number of piperazine rings is 1. The number of nitrogens with zero attached hydrogens (tertiary/aromatic N) is 6. The van der Waals surface area contributed by atoms with Crippen LogP contribution in [0.25, 0.3) is 32.9 Å². The fourth-order valence-corrected chi connectivity index (χ4v) is 13.5. The first-order valence-electron chi connectivity index (χ1n) is 17.9. The van der Waals surface area contributed by atoms with Crippen molar-refractivity contribution in [2.75, 3.05) is 51.3 Å². The molecule has 50 heavy (non-hydrogen) atoms. The maximum Gasteiger partial charge on any atom is 0.407 e. The first kappa shape index (κ1) is 35.5. The van der Waals surface area contributed by atoms with E-state index in [1.165, 1.54) is 4.90 Å². The van der Waals surface area contributed by atoms with Gasteiger partial charge in [0.2, 0.25) is 0 Å². The molecule has 2 aromatic carbocycles. The molecular weight excluding hydrogens is 648 g/mol. The maximum absolute atomic E-state index is 17.1. The van der Waals surface area contributed by atoms with Crippen LogP contribution in [0.15, 0.2) is 42.6 Å². The molecule has 264 valence electrons. The fraction of sp³-hybridized carbons (Fsp3) is 0.487. The van der Waals surface area contributed by atoms with Crippen molar-refractivity contribution in [2.24, 2.45) is 0 Å². The Bertz CT molecular complexity index is 1920. The molecule has 4 heterocycles. The first-order valence-corrected chi connectivity index (χ1v) is 20.1. The Kier molecular flexibility index (Phi) is 10.3. The summed E-state index contributed by atoms with van der Waals surface area (Å²) in [6, 6.07) is 12.3. The van der Waals surface area contributed by atoms with E-state index in [-0.39, 0.29) is 23.3 Å². The molecule has 11 heteroatoms. The Labute approximate surface area is 295 Å². The number of ether oxygens (including phenoxy) is 1. The third-order valence-corrected chi connectivity index (χ3v) is 17.3. The number of carbonyl (C=O) groups is 1. The molecule has 2 aliphatic rings. The Morgan fingerprint density at radius 2 is 1.68 bits per heavy atom. The zero-order chi connectivity index (χ0) is 35.7. The molecule has 0 radical (unpaired) electrons. The zero-order valence-corrected chi connectivity index (χ0v) is 31.3. The van der Waals surface area contributed by atoms with Crippen LogP contribution >= 0.6 is 0 Å². The molecule has 6 rings (SSSR count). The highest BCUT2D eigenvalue weighted by Crippen LogP contribution is 2.41. The SMILES string of the molecule is CC(C)[Si](C#Cc1cccc2cccc(-c3ncc4c(N5CCN(C(=O)O)CC5)nc(OCC5CCCN5C)nc4c3F)c12)(C(C)C)C(C)C. The molecule has 0 saturated carbocycles. The topological polar surface area (TPSA) is 94.9 Å². The number of amides is 1. The van der Waals surface area contributed by atoms with Gasteiger partial charge in [-0.2, -0.15) is 9.97 Å². The summed E-state index contributed by atoms with van der Waals surface area (Å²) in [4.78, 5) is 31.4. The summed E-state index contributed by atoms with van der Waals surface area (Å²) in [7, 11) is 0.0474. The number of hydrogen-bond donors (Lipinski definition) is 1. The number of rotatable bonds is 8. The van der Waals surface area contributed by atoms with Gasteiger partial charge >= 0.3 is 12.1 Å². The average molecular weight is 697 g/mol. The molecule has 2 aromatic heterocycles. The van der Waals surface area contributed by atoms with Crippen molar-refractivity contribution in [3.63, 3.8) is 0 Å². The van der Waals surface area contributed by atoms with Crippen molar-refractivity contribution >= 4 is 41.7 Å². The van der Waals surface area contributed by atoms with Gasteiger partial charge in [-0.3, -0.25) is 4.98 Å². The predicted molar refractivity (Wildman–Crippen MR) is 201 cm³/mol. The van der Waals surface area contributed by atoms with Crippen molar-refractivity contribution in [3.05, 3.63) is 54.0 Å². The van der Waals surface area contributed by atoms with Crippen LogP contribution < -0.4 is 9.64 Å². The predicted octanol–water partition coefficient (Wildman–Crippen LogP) is 7.83. The summed E-state index contributed by atoms with van der Waals surface area (Å²) < 4.78 is 23.2. The van der Waals surface area contributed by atoms with E-state index in [4.69, 9.17) is 14.7 Å². The molecular formula is C39H49FN6O3Si. The number of benzene rings is 2. The molecule has 0 spiro atoms. The van der Waals surface area contributed by atoms with Crippen molar-refractivity contribution in [2.45, 2.75) is 77.0 Å². The third-order valence-electron chi connectivity index (χ3n) is 11.0. The summed E-state index contributed by atoms with van der Waals surface area (Å²) in [5.41, 5.74) is 7.14. The van der Waals surface area contributed by atoms with Crippen molar-refractivity contribution in [3.8, 4) is 28.7 Å². The number of halogens is 1. The van der Waals surface area contributed by atoms with E-state index in [1.807, 2.05) is 41.3 Å². The van der Waals surface area contributed by atoms with Crippen molar-refractivity contribution in [1.29, 1.82) is 0 Å². The molecule has 1 unspecified atom stereocenters. The second kappa shape index (κ2) is 14.5. The molecule has 1 N–H and O–H groups in total. The van der Waals surface area contributed by atoms with Gasteiger partial charge in [0.25, 0.3) is 0 Å². The summed E-state index contributed by atoms with van der Waals surface area (Å²) in [6.07, 6.45) is 2.79. The van der Waals surface area contributed by atoms with E-state index in [0.717, 1.165) is 35.7 Å². The monoisotopic (exact) mass is 696 g/mol. The molecule has 0 bridgehead atoms. The minimum Gasteiger partial charge on any atom is -0.465 e. The number of likely N-dealkylation sites (tertiary alicyclic amines) is 1. The Morgan fingerprint density at radius 1 is 1.00 bits per heavy atom. The summed E-state index contributed by atoms with van der Waals surface area (Å²) in [5, 5.41) is 11.8. The van der Waals surface area contributed by atoms with Crippen LogP contribution in [0.5, 0.6) is 6.01 Å². The second-order valence-electron chi connectivity index (χ2n) is 14.7. The van der Waals surface area contributed by atoms with E-state index in [0.29, 0.717) is 66.2 Å². The number of pyridine rings is 1. The van der Waals surface area contributed by atoms with Crippen LogP contribution in [0.3, 0.4) is 0 Å². The van der Waals surface area contributed by atoms with Gasteiger partial charge in [-0.05, 0) is 54.5 Å². The lowest BCUT2D eigenvalue weighted by atomic mass is 9.97. The van der Waals surface area contributed by atoms with Gasteiger partial charge in [0, 0.05) is 54.9 Å². The fourth-order valence-electron chi connectivity index (χ4n) is 8.24. The van der Waals surface area contributed by atoms with Crippen LogP contribution in [0.2, 0.25) is 16.6 Å². The van der Waals surface area contributed by atoms with Gasteiger partial charge in [-0.25, -0.2) is 9.18 Å². The van der Waals surface area contributed by atoms with Crippen LogP contribution in [0.1, 0.15) is 59.9 Å². The third kappa shape index (κ3) is 6.63. The summed E-state index contributed by atoms with van der Waals surface area (Å²) in [5.74, 6) is 3.56. The maximum atomic E-state index is 17.1. The van der Waals surface area contributed by atoms with Crippen molar-refractivity contribution < 1.29 is 19.0 Å². The minimum absolute atomic E-state index is 0.103. The molecule has 0 aliphatic carbocycles. The molecule has 2 saturated heterocycles. The molecule has 2 fully saturated rings. The van der Waals surface area contributed by atoms with Gasteiger partial charge < -0.3 is 24.5 Å². The lowest BCUT2D eigenvalue weighted by molar-refractivity contribution is 0.142. The number of anilines is 1. The Hall–Kier alpha value is -4.27. The van der Waals surface area contributed by atoms with Crippen LogP contribution in [0.4, 0.5) is 15.0 Å². The molecule has 4 aromatic rings. The Balaban J connectivity index is 1.48. The van der Waals surface area contributed by atoms with E-state index in [2.05, 4.69) is 69.9 Å². The number of likely N-dealkylation sites (N-methyl/N-ethyl adjacent to an activating group) is 1. The quantitative estimate of drug-likeness (QED) is 0.147. The van der Waals surface area contributed by atoms with Gasteiger partial charge in [0.05, 0.1) is 5.39 Å². The van der Waals surface area contributed by atoms with E-state index < -0.39 is 20.0 Å².